The summed E-state index contributed by atoms with van der Waals surface area (Å²) in [5.74, 6) is 0. The van der Waals surface area contributed by atoms with Crippen LogP contribution in [0, 0.1) is 0 Å². The van der Waals surface area contributed by atoms with E-state index in [9.17, 15) is 13.2 Å². The topological polar surface area (TPSA) is 39.1 Å². The van der Waals surface area contributed by atoms with Gasteiger partial charge in [-0.15, -0.1) is 0 Å². The van der Waals surface area contributed by atoms with Gasteiger partial charge in [-0.2, -0.15) is 18.3 Å². The van der Waals surface area contributed by atoms with Crippen LogP contribution in [-0.2, 0) is 11.3 Å². The predicted molar refractivity (Wildman–Crippen MR) is 75.4 cm³/mol. The number of hydrogen-bond donors (Lipinski definition) is 1. The minimum Gasteiger partial charge on any atom is -0.372 e. The normalized spacial score (nSPS) is 13.6. The molecule has 0 aliphatic heterocycles. The molecule has 0 spiro atoms. The number of hydrogen-bond acceptors (Lipinski definition) is 3. The molecule has 21 heavy (non-hydrogen) atoms. The summed E-state index contributed by atoms with van der Waals surface area (Å²) in [4.78, 5) is 0. The molecule has 1 heterocycles. The first-order chi connectivity index (χ1) is 9.89. The number of aryl methyl sites for hydroxylation is 1. The minimum absolute atomic E-state index is 0.00607. The standard InChI is InChI=1S/C13H21ClF3N3O/c1-3-6-18-11(5-7-21-9-13(15,16)17)12-10(14)8-19-20(12)4-2/h8,11,18H,3-7,9H2,1-2H3. The number of halogens is 4. The van der Waals surface area contributed by atoms with Gasteiger partial charge in [0.25, 0.3) is 0 Å². The van der Waals surface area contributed by atoms with Crippen molar-refractivity contribution in [3.63, 3.8) is 0 Å². The van der Waals surface area contributed by atoms with Crippen molar-refractivity contribution in [3.05, 3.63) is 16.9 Å². The Bertz CT molecular complexity index is 423. The smallest absolute Gasteiger partial charge is 0.372 e. The van der Waals surface area contributed by atoms with Crippen LogP contribution in [0.1, 0.15) is 38.4 Å². The number of alkyl halides is 3. The highest BCUT2D eigenvalue weighted by molar-refractivity contribution is 6.31. The second-order valence-corrected chi connectivity index (χ2v) is 5.06. The van der Waals surface area contributed by atoms with Crippen LogP contribution in [0.25, 0.3) is 0 Å². The van der Waals surface area contributed by atoms with Crippen molar-refractivity contribution in [2.24, 2.45) is 0 Å². The SMILES string of the molecule is CCCNC(CCOCC(F)(F)F)c1c(Cl)cnn1CC. The van der Waals surface area contributed by atoms with Gasteiger partial charge in [0.1, 0.15) is 6.61 Å². The highest BCUT2D eigenvalue weighted by Crippen LogP contribution is 2.25. The van der Waals surface area contributed by atoms with Crippen molar-refractivity contribution >= 4 is 11.6 Å². The van der Waals surface area contributed by atoms with Crippen molar-refractivity contribution < 1.29 is 17.9 Å². The molecule has 0 aliphatic carbocycles. The van der Waals surface area contributed by atoms with Gasteiger partial charge >= 0.3 is 6.18 Å². The van der Waals surface area contributed by atoms with Gasteiger partial charge in [-0.05, 0) is 26.3 Å². The van der Waals surface area contributed by atoms with Gasteiger partial charge in [-0.25, -0.2) is 0 Å². The quantitative estimate of drug-likeness (QED) is 0.705. The molecule has 0 aliphatic rings. The Hall–Kier alpha value is -0.790. The van der Waals surface area contributed by atoms with E-state index < -0.39 is 12.8 Å². The van der Waals surface area contributed by atoms with E-state index >= 15 is 0 Å². The zero-order chi connectivity index (χ0) is 15.9. The molecule has 0 fully saturated rings. The molecular formula is C13H21ClF3N3O. The van der Waals surface area contributed by atoms with Crippen LogP contribution in [0.4, 0.5) is 13.2 Å². The fraction of sp³-hybridized carbons (Fsp3) is 0.769. The summed E-state index contributed by atoms with van der Waals surface area (Å²) in [5.41, 5.74) is 0.795. The molecule has 1 rings (SSSR count). The summed E-state index contributed by atoms with van der Waals surface area (Å²) in [6.45, 7) is 4.12. The van der Waals surface area contributed by atoms with Crippen LogP contribution in [0.5, 0.6) is 0 Å². The van der Waals surface area contributed by atoms with E-state index in [2.05, 4.69) is 15.2 Å². The molecule has 0 bridgehead atoms. The lowest BCUT2D eigenvalue weighted by Gasteiger charge is -2.20. The van der Waals surface area contributed by atoms with E-state index in [1.807, 2.05) is 13.8 Å². The van der Waals surface area contributed by atoms with Crippen LogP contribution in [0.15, 0.2) is 6.20 Å². The van der Waals surface area contributed by atoms with Gasteiger partial charge in [0.2, 0.25) is 0 Å². The van der Waals surface area contributed by atoms with Gasteiger partial charge in [-0.3, -0.25) is 4.68 Å². The van der Waals surface area contributed by atoms with Crippen LogP contribution in [0.3, 0.4) is 0 Å². The molecule has 0 saturated heterocycles. The zero-order valence-corrected chi connectivity index (χ0v) is 13.0. The highest BCUT2D eigenvalue weighted by atomic mass is 35.5. The van der Waals surface area contributed by atoms with E-state index in [-0.39, 0.29) is 12.6 Å². The Morgan fingerprint density at radius 2 is 2.14 bits per heavy atom. The third-order valence-corrected chi connectivity index (χ3v) is 3.21. The van der Waals surface area contributed by atoms with Crippen molar-refractivity contribution in [2.75, 3.05) is 19.8 Å². The molecule has 0 radical (unpaired) electrons. The molecule has 0 amide bonds. The summed E-state index contributed by atoms with van der Waals surface area (Å²) >= 11 is 6.14. The van der Waals surface area contributed by atoms with Crippen LogP contribution >= 0.6 is 11.6 Å². The first kappa shape index (κ1) is 18.3. The summed E-state index contributed by atoms with van der Waals surface area (Å²) in [7, 11) is 0. The molecule has 1 unspecified atom stereocenters. The number of nitrogens with one attached hydrogen (secondary N) is 1. The van der Waals surface area contributed by atoms with E-state index in [1.165, 1.54) is 0 Å². The molecule has 4 nitrogen and oxygen atoms in total. The molecule has 122 valence electrons. The third-order valence-electron chi connectivity index (χ3n) is 2.92. The van der Waals surface area contributed by atoms with Gasteiger partial charge in [-0.1, -0.05) is 18.5 Å². The number of aromatic nitrogens is 2. The zero-order valence-electron chi connectivity index (χ0n) is 12.2. The molecule has 8 heteroatoms. The second kappa shape index (κ2) is 8.60. The first-order valence-electron chi connectivity index (χ1n) is 6.98. The van der Waals surface area contributed by atoms with E-state index in [0.717, 1.165) is 18.7 Å². The largest absolute Gasteiger partial charge is 0.411 e. The average molecular weight is 328 g/mol. The Morgan fingerprint density at radius 1 is 1.43 bits per heavy atom. The molecular weight excluding hydrogens is 307 g/mol. The van der Waals surface area contributed by atoms with Crippen molar-refractivity contribution in [1.29, 1.82) is 0 Å². The first-order valence-corrected chi connectivity index (χ1v) is 7.35. The van der Waals surface area contributed by atoms with Gasteiger partial charge in [0, 0.05) is 13.2 Å². The minimum atomic E-state index is -4.30. The van der Waals surface area contributed by atoms with Gasteiger partial charge < -0.3 is 10.1 Å². The lowest BCUT2D eigenvalue weighted by molar-refractivity contribution is -0.174. The van der Waals surface area contributed by atoms with E-state index in [1.54, 1.807) is 10.9 Å². The summed E-state index contributed by atoms with van der Waals surface area (Å²) < 4.78 is 42.6. The molecule has 1 N–H and O–H groups in total. The fourth-order valence-electron chi connectivity index (χ4n) is 2.01. The lowest BCUT2D eigenvalue weighted by Crippen LogP contribution is -2.27. The van der Waals surface area contributed by atoms with Gasteiger partial charge in [0.15, 0.2) is 0 Å². The molecule has 1 aromatic rings. The van der Waals surface area contributed by atoms with Crippen LogP contribution in [0.2, 0.25) is 5.02 Å². The summed E-state index contributed by atoms with van der Waals surface area (Å²) in [6, 6.07) is -0.173. The number of ether oxygens (including phenoxy) is 1. The maximum atomic E-state index is 12.1. The maximum absolute atomic E-state index is 12.1. The Morgan fingerprint density at radius 3 is 2.71 bits per heavy atom. The number of rotatable bonds is 9. The molecule has 1 aromatic heterocycles. The molecule has 1 atom stereocenters. The van der Waals surface area contributed by atoms with Crippen molar-refractivity contribution in [2.45, 2.75) is 45.5 Å². The van der Waals surface area contributed by atoms with Crippen molar-refractivity contribution in [1.82, 2.24) is 15.1 Å². The Balaban J connectivity index is 2.65. The van der Waals surface area contributed by atoms with Crippen molar-refractivity contribution in [3.8, 4) is 0 Å². The third kappa shape index (κ3) is 6.23. The Labute approximate surface area is 127 Å². The van der Waals surface area contributed by atoms with Crippen LogP contribution < -0.4 is 5.32 Å². The Kier molecular flexibility index (Phi) is 7.48. The molecule has 0 saturated carbocycles. The van der Waals surface area contributed by atoms with E-state index in [0.29, 0.717) is 18.0 Å². The summed E-state index contributed by atoms with van der Waals surface area (Å²) in [6.07, 6.45) is -1.42. The fourth-order valence-corrected chi connectivity index (χ4v) is 2.29. The highest BCUT2D eigenvalue weighted by Gasteiger charge is 2.27. The molecule has 0 aromatic carbocycles. The van der Waals surface area contributed by atoms with Crippen LogP contribution in [-0.4, -0.2) is 35.7 Å². The maximum Gasteiger partial charge on any atom is 0.411 e. The lowest BCUT2D eigenvalue weighted by atomic mass is 10.1. The van der Waals surface area contributed by atoms with E-state index in [4.69, 9.17) is 11.6 Å². The monoisotopic (exact) mass is 327 g/mol. The second-order valence-electron chi connectivity index (χ2n) is 4.66. The summed E-state index contributed by atoms with van der Waals surface area (Å²) in [5, 5.41) is 7.95. The average Bonchev–Trinajstić information content (AvgIpc) is 2.78. The predicted octanol–water partition coefficient (Wildman–Crippen LogP) is 3.57. The van der Waals surface area contributed by atoms with Gasteiger partial charge in [0.05, 0.1) is 23.0 Å². The number of nitrogens with zero attached hydrogens (tertiary/aromatic N) is 2.